The zero-order valence-corrected chi connectivity index (χ0v) is 8.57. The number of para-hydroxylation sites is 1. The fourth-order valence-corrected chi connectivity index (χ4v) is 0.834. The predicted octanol–water partition coefficient (Wildman–Crippen LogP) is 2.64. The minimum atomic E-state index is 0.318. The van der Waals surface area contributed by atoms with Crippen LogP contribution in [0.1, 0.15) is 19.4 Å². The second kappa shape index (κ2) is 7.98. The molecule has 0 heterocycles. The van der Waals surface area contributed by atoms with Crippen LogP contribution < -0.4 is 0 Å². The van der Waals surface area contributed by atoms with Crippen LogP contribution >= 0.6 is 0 Å². The van der Waals surface area contributed by atoms with Crippen LogP contribution in [0.2, 0.25) is 0 Å². The number of nitrogens with zero attached hydrogens (tertiary/aromatic N) is 1. The molecule has 1 rings (SSSR count). The Kier molecular flexibility index (Phi) is 7.05. The van der Waals surface area contributed by atoms with E-state index in [2.05, 4.69) is 4.99 Å². The van der Waals surface area contributed by atoms with Gasteiger partial charge in [-0.15, -0.1) is 0 Å². The SMILES string of the molecule is CC=N.CC=NCc1ccccc1O. The molecule has 0 atom stereocenters. The van der Waals surface area contributed by atoms with E-state index < -0.39 is 0 Å². The van der Waals surface area contributed by atoms with Crippen molar-refractivity contribution >= 4 is 12.4 Å². The van der Waals surface area contributed by atoms with Gasteiger partial charge in [0, 0.05) is 5.56 Å². The van der Waals surface area contributed by atoms with E-state index in [0.717, 1.165) is 5.56 Å². The minimum absolute atomic E-state index is 0.318. The summed E-state index contributed by atoms with van der Waals surface area (Å²) in [5.41, 5.74) is 0.866. The minimum Gasteiger partial charge on any atom is -0.508 e. The van der Waals surface area contributed by atoms with Gasteiger partial charge in [0.05, 0.1) is 6.54 Å². The van der Waals surface area contributed by atoms with Gasteiger partial charge in [-0.2, -0.15) is 0 Å². The monoisotopic (exact) mass is 192 g/mol. The lowest BCUT2D eigenvalue weighted by Gasteiger charge is -1.98. The quantitative estimate of drug-likeness (QED) is 0.695. The van der Waals surface area contributed by atoms with Crippen LogP contribution in [0.25, 0.3) is 0 Å². The number of hydrogen-bond acceptors (Lipinski definition) is 3. The second-order valence-corrected chi connectivity index (χ2v) is 2.52. The molecule has 0 bridgehead atoms. The first kappa shape index (κ1) is 12.4. The van der Waals surface area contributed by atoms with Gasteiger partial charge in [-0.1, -0.05) is 18.2 Å². The van der Waals surface area contributed by atoms with Crippen LogP contribution in [0, 0.1) is 5.41 Å². The van der Waals surface area contributed by atoms with Crippen molar-refractivity contribution in [2.24, 2.45) is 4.99 Å². The standard InChI is InChI=1S/C9H11NO.C2H5N/c1-2-10-7-8-5-3-4-6-9(8)11;1-2-3/h2-6,11H,7H2,1H3;2-3H,1H3. The largest absolute Gasteiger partial charge is 0.508 e. The molecule has 3 nitrogen and oxygen atoms in total. The Hall–Kier alpha value is -1.64. The molecule has 0 unspecified atom stereocenters. The number of benzene rings is 1. The molecule has 2 N–H and O–H groups in total. The molecule has 0 spiro atoms. The van der Waals surface area contributed by atoms with Crippen molar-refractivity contribution in [1.82, 2.24) is 0 Å². The van der Waals surface area contributed by atoms with Gasteiger partial charge in [0.15, 0.2) is 0 Å². The summed E-state index contributed by atoms with van der Waals surface area (Å²) in [6.45, 7) is 4.09. The Bertz CT molecular complexity index is 295. The van der Waals surface area contributed by atoms with Crippen molar-refractivity contribution in [2.75, 3.05) is 0 Å². The molecule has 0 aromatic heterocycles. The lowest BCUT2D eigenvalue weighted by atomic mass is 10.2. The Morgan fingerprint density at radius 3 is 2.43 bits per heavy atom. The Morgan fingerprint density at radius 2 is 1.93 bits per heavy atom. The summed E-state index contributed by atoms with van der Waals surface area (Å²) in [6.07, 6.45) is 2.98. The number of phenols is 1. The number of phenolic OH excluding ortho intramolecular Hbond substituents is 1. The molecule has 0 amide bonds. The van der Waals surface area contributed by atoms with E-state index in [1.54, 1.807) is 25.3 Å². The first-order chi connectivity index (χ1) is 6.76. The second-order valence-electron chi connectivity index (χ2n) is 2.52. The summed E-state index contributed by atoms with van der Waals surface area (Å²) in [4.78, 5) is 4.02. The van der Waals surface area contributed by atoms with Crippen LogP contribution in [0.5, 0.6) is 5.75 Å². The highest BCUT2D eigenvalue weighted by molar-refractivity contribution is 5.53. The third kappa shape index (κ3) is 5.09. The smallest absolute Gasteiger partial charge is 0.120 e. The normalized spacial score (nSPS) is 9.29. The van der Waals surface area contributed by atoms with Crippen LogP contribution in [-0.4, -0.2) is 17.5 Å². The number of hydrogen-bond donors (Lipinski definition) is 2. The Morgan fingerprint density at radius 1 is 1.36 bits per heavy atom. The maximum atomic E-state index is 9.26. The number of rotatable bonds is 2. The zero-order chi connectivity index (χ0) is 10.8. The molecular weight excluding hydrogens is 176 g/mol. The molecule has 1 aromatic rings. The van der Waals surface area contributed by atoms with E-state index in [0.29, 0.717) is 12.3 Å². The fraction of sp³-hybridized carbons (Fsp3) is 0.273. The van der Waals surface area contributed by atoms with E-state index in [1.165, 1.54) is 6.21 Å². The van der Waals surface area contributed by atoms with Crippen molar-refractivity contribution in [2.45, 2.75) is 20.4 Å². The van der Waals surface area contributed by atoms with E-state index in [-0.39, 0.29) is 0 Å². The van der Waals surface area contributed by atoms with E-state index in [9.17, 15) is 5.11 Å². The summed E-state index contributed by atoms with van der Waals surface area (Å²) in [5, 5.41) is 15.3. The summed E-state index contributed by atoms with van der Waals surface area (Å²) >= 11 is 0. The molecule has 76 valence electrons. The lowest BCUT2D eigenvalue weighted by Crippen LogP contribution is -1.81. The molecule has 0 radical (unpaired) electrons. The molecule has 3 heteroatoms. The van der Waals surface area contributed by atoms with Crippen LogP contribution in [-0.2, 0) is 6.54 Å². The molecule has 0 aliphatic rings. The van der Waals surface area contributed by atoms with Gasteiger partial charge in [-0.3, -0.25) is 4.99 Å². The lowest BCUT2D eigenvalue weighted by molar-refractivity contribution is 0.468. The highest BCUT2D eigenvalue weighted by Crippen LogP contribution is 2.15. The van der Waals surface area contributed by atoms with E-state index >= 15 is 0 Å². The number of aromatic hydroxyl groups is 1. The summed E-state index contributed by atoms with van der Waals surface area (Å²) in [6, 6.07) is 7.22. The van der Waals surface area contributed by atoms with Crippen LogP contribution in [0.15, 0.2) is 29.3 Å². The third-order valence-electron chi connectivity index (χ3n) is 1.44. The molecule has 14 heavy (non-hydrogen) atoms. The highest BCUT2D eigenvalue weighted by atomic mass is 16.3. The summed E-state index contributed by atoms with van der Waals surface area (Å²) in [5.74, 6) is 0.318. The van der Waals surface area contributed by atoms with Crippen molar-refractivity contribution in [3.05, 3.63) is 29.8 Å². The van der Waals surface area contributed by atoms with Crippen molar-refractivity contribution in [1.29, 1.82) is 5.41 Å². The molecule has 0 saturated carbocycles. The molecular formula is C11H16N2O. The third-order valence-corrected chi connectivity index (χ3v) is 1.44. The highest BCUT2D eigenvalue weighted by Gasteiger charge is 1.95. The van der Waals surface area contributed by atoms with Crippen molar-refractivity contribution < 1.29 is 5.11 Å². The topological polar surface area (TPSA) is 56.4 Å². The molecule has 0 fully saturated rings. The van der Waals surface area contributed by atoms with Crippen LogP contribution in [0.3, 0.4) is 0 Å². The average molecular weight is 192 g/mol. The number of aliphatic imine (C=N–C) groups is 1. The maximum Gasteiger partial charge on any atom is 0.120 e. The van der Waals surface area contributed by atoms with Gasteiger partial charge >= 0.3 is 0 Å². The number of nitrogens with one attached hydrogen (secondary N) is 1. The van der Waals surface area contributed by atoms with Gasteiger partial charge in [-0.25, -0.2) is 0 Å². The van der Waals surface area contributed by atoms with Gasteiger partial charge in [0.2, 0.25) is 0 Å². The first-order valence-electron chi connectivity index (χ1n) is 4.42. The van der Waals surface area contributed by atoms with Crippen molar-refractivity contribution in [3.63, 3.8) is 0 Å². The average Bonchev–Trinajstić information content (AvgIpc) is 2.18. The van der Waals surface area contributed by atoms with Gasteiger partial charge in [0.25, 0.3) is 0 Å². The summed E-state index contributed by atoms with van der Waals surface area (Å²) in [7, 11) is 0. The zero-order valence-electron chi connectivity index (χ0n) is 8.57. The fourth-order valence-electron chi connectivity index (χ4n) is 0.834. The molecule has 0 aliphatic carbocycles. The van der Waals surface area contributed by atoms with E-state index in [4.69, 9.17) is 5.41 Å². The first-order valence-corrected chi connectivity index (χ1v) is 4.42. The molecule has 0 aliphatic heterocycles. The van der Waals surface area contributed by atoms with Crippen LogP contribution in [0.4, 0.5) is 0 Å². The summed E-state index contributed by atoms with van der Waals surface area (Å²) < 4.78 is 0. The maximum absolute atomic E-state index is 9.26. The van der Waals surface area contributed by atoms with Gasteiger partial charge in [-0.05, 0) is 32.3 Å². The predicted molar refractivity (Wildman–Crippen MR) is 60.4 cm³/mol. The van der Waals surface area contributed by atoms with Gasteiger partial charge < -0.3 is 10.5 Å². The van der Waals surface area contributed by atoms with E-state index in [1.807, 2.05) is 19.1 Å². The Balaban J connectivity index is 0.000000500. The van der Waals surface area contributed by atoms with Crippen molar-refractivity contribution in [3.8, 4) is 5.75 Å². The Labute approximate surface area is 84.6 Å². The van der Waals surface area contributed by atoms with Gasteiger partial charge in [0.1, 0.15) is 5.75 Å². The molecule has 0 saturated heterocycles. The molecule has 1 aromatic carbocycles.